The fourth-order valence-electron chi connectivity index (χ4n) is 4.66. The van der Waals surface area contributed by atoms with Gasteiger partial charge in [-0.15, -0.1) is 0 Å². The number of benzene rings is 3. The molecule has 6 rings (SSSR count). The zero-order valence-corrected chi connectivity index (χ0v) is 26.6. The van der Waals surface area contributed by atoms with Gasteiger partial charge in [-0.05, 0) is 39.7 Å². The number of hydrogen-bond donors (Lipinski definition) is 7. The van der Waals surface area contributed by atoms with Gasteiger partial charge in [-0.1, -0.05) is 24.3 Å². The number of phosphoric ester groups is 1. The molecule has 2 aromatic heterocycles. The predicted molar refractivity (Wildman–Crippen MR) is 164 cm³/mol. The third-order valence-electron chi connectivity index (χ3n) is 6.72. The zero-order chi connectivity index (χ0) is 35.0. The lowest BCUT2D eigenvalue weighted by atomic mass is 10.0. The average molecular weight is 730 g/mol. The summed E-state index contributed by atoms with van der Waals surface area (Å²) in [6.07, 6.45) is -3.69. The Labute approximate surface area is 267 Å². The Morgan fingerprint density at radius 2 is 1.52 bits per heavy atom. The molecule has 6 atom stereocenters. The lowest BCUT2D eigenvalue weighted by Gasteiger charge is -2.19. The van der Waals surface area contributed by atoms with E-state index in [4.69, 9.17) is 25.2 Å². The number of aliphatic hydroxyl groups excluding tert-OH is 2. The maximum Gasteiger partial charge on any atom is 0.490 e. The van der Waals surface area contributed by atoms with Crippen molar-refractivity contribution < 1.29 is 66.3 Å². The van der Waals surface area contributed by atoms with Crippen LogP contribution in [0.15, 0.2) is 67.3 Å². The average Bonchev–Trinajstić information content (AvgIpc) is 3.54. The molecule has 0 amide bonds. The predicted octanol–water partition coefficient (Wildman–Crippen LogP) is 2.27. The van der Waals surface area contributed by atoms with Crippen molar-refractivity contribution in [2.24, 2.45) is 0 Å². The van der Waals surface area contributed by atoms with E-state index in [2.05, 4.69) is 28.1 Å². The number of nitrogens with two attached hydrogens (primary N) is 1. The zero-order valence-electron chi connectivity index (χ0n) is 23.9. The van der Waals surface area contributed by atoms with Crippen molar-refractivity contribution in [1.29, 1.82) is 0 Å². The molecule has 1 saturated heterocycles. The second-order valence-corrected chi connectivity index (χ2v) is 14.4. The third-order valence-corrected chi connectivity index (χ3v) is 10.5. The molecule has 3 aromatic carbocycles. The maximum absolute atomic E-state index is 11.8. The third kappa shape index (κ3) is 8.25. The monoisotopic (exact) mass is 730 g/mol. The highest BCUT2D eigenvalue weighted by atomic mass is 31.3. The molecule has 0 spiro atoms. The number of phosphoric acid groups is 3. The highest BCUT2D eigenvalue weighted by Gasteiger charge is 2.47. The second kappa shape index (κ2) is 13.6. The van der Waals surface area contributed by atoms with Crippen LogP contribution in [0.25, 0.3) is 32.7 Å². The van der Waals surface area contributed by atoms with Crippen LogP contribution in [0.1, 0.15) is 6.23 Å². The Hall–Kier alpha value is -3.78. The van der Waals surface area contributed by atoms with Gasteiger partial charge in [0, 0.05) is 12.1 Å². The molecule has 1 aliphatic heterocycles. The molecule has 0 saturated carbocycles. The van der Waals surface area contributed by atoms with Crippen LogP contribution in [0.4, 0.5) is 11.5 Å². The lowest BCUT2D eigenvalue weighted by molar-refractivity contribution is -0.384. The summed E-state index contributed by atoms with van der Waals surface area (Å²) >= 11 is 0. The number of non-ortho nitro benzene ring substituents is 1. The molecule has 0 bridgehead atoms. The van der Waals surface area contributed by atoms with Crippen LogP contribution in [-0.4, -0.2) is 79.1 Å². The van der Waals surface area contributed by atoms with Crippen LogP contribution >= 0.6 is 23.5 Å². The molecule has 1 unspecified atom stereocenters. The van der Waals surface area contributed by atoms with Crippen molar-refractivity contribution in [3.8, 4) is 0 Å². The second-order valence-electron chi connectivity index (χ2n) is 10.0. The van der Waals surface area contributed by atoms with Gasteiger partial charge in [-0.25, -0.2) is 28.6 Å². The van der Waals surface area contributed by atoms with Crippen LogP contribution < -0.4 is 5.73 Å². The Morgan fingerprint density at radius 1 is 0.875 bits per heavy atom. The van der Waals surface area contributed by atoms with Crippen molar-refractivity contribution in [3.05, 3.63) is 77.4 Å². The highest BCUT2D eigenvalue weighted by molar-refractivity contribution is 7.66. The maximum atomic E-state index is 11.8. The number of fused-ring (bicyclic) bond motifs is 3. The topological polar surface area (TPSA) is 322 Å². The lowest BCUT2D eigenvalue weighted by Crippen LogP contribution is -2.33. The van der Waals surface area contributed by atoms with Gasteiger partial charge in [0.25, 0.3) is 5.69 Å². The van der Waals surface area contributed by atoms with Gasteiger partial charge in [0.2, 0.25) is 0 Å². The number of aromatic nitrogens is 4. The van der Waals surface area contributed by atoms with Gasteiger partial charge in [0.15, 0.2) is 17.7 Å². The molecule has 5 aromatic rings. The molecule has 21 nitrogen and oxygen atoms in total. The molecule has 0 aliphatic carbocycles. The number of rotatable bonds is 9. The fraction of sp³-hybridized carbons (Fsp3) is 0.208. The van der Waals surface area contributed by atoms with Gasteiger partial charge in [0.1, 0.15) is 30.2 Å². The van der Waals surface area contributed by atoms with E-state index in [-0.39, 0.29) is 27.6 Å². The first-order chi connectivity index (χ1) is 22.4. The van der Waals surface area contributed by atoms with E-state index in [1.165, 1.54) is 17.0 Å². The van der Waals surface area contributed by atoms with E-state index in [9.17, 15) is 38.9 Å². The summed E-state index contributed by atoms with van der Waals surface area (Å²) in [7, 11) is -16.7. The number of aliphatic hydroxyl groups is 2. The molecule has 0 radical (unpaired) electrons. The number of imidazole rings is 1. The standard InChI is InChI=1S/C14H9NO2.C10H16N5O13P3/c16-15(17)14-6-5-12-7-10-3-1-2-4-11(10)8-13(12)9-14;11-8-5-9(13-2-12-8)15(3-14-5)10-7(17)6(16)4(26-10)1-25-30(21,22)28-31(23,24)27-29(18,19)20/h1-9H;2-4,6-7,10,16-17H,1H2,(H,21,22)(H,23,24)(H2,11,12,13)(H2,18,19,20)/t;4-,6-,7-,10-/m.1/s1. The van der Waals surface area contributed by atoms with Crippen LogP contribution in [0, 0.1) is 10.1 Å². The molecule has 3 heterocycles. The quantitative estimate of drug-likeness (QED) is 0.0495. The first-order valence-corrected chi connectivity index (χ1v) is 17.7. The summed E-state index contributed by atoms with van der Waals surface area (Å²) in [6, 6.07) is 17.0. The SMILES string of the molecule is Nc1ncnc2c1ncn2[C@@H]1O[C@H](COP(=O)(O)O[P@](=O)(O)OP(=O)(O)O)[C@@H](O)[C@H]1O.O=[N+]([O-])c1ccc2cc3ccccc3cc2c1. The van der Waals surface area contributed by atoms with E-state index in [1.807, 2.05) is 36.4 Å². The van der Waals surface area contributed by atoms with Crippen LogP contribution in [0.5, 0.6) is 0 Å². The molecule has 8 N–H and O–H groups in total. The minimum absolute atomic E-state index is 0.0426. The molecular weight excluding hydrogens is 705 g/mol. The minimum Gasteiger partial charge on any atom is -0.387 e. The molecule has 1 aliphatic rings. The Kier molecular flexibility index (Phi) is 10.1. The Balaban J connectivity index is 0.000000221. The van der Waals surface area contributed by atoms with Crippen LogP contribution in [0.2, 0.25) is 0 Å². The summed E-state index contributed by atoms with van der Waals surface area (Å²) < 4.78 is 51.9. The number of ether oxygens (including phenoxy) is 1. The molecule has 1 fully saturated rings. The van der Waals surface area contributed by atoms with E-state index < -0.39 is 54.6 Å². The van der Waals surface area contributed by atoms with E-state index in [0.717, 1.165) is 27.9 Å². The highest BCUT2D eigenvalue weighted by Crippen LogP contribution is 2.66. The Morgan fingerprint density at radius 3 is 2.17 bits per heavy atom. The first-order valence-electron chi connectivity index (χ1n) is 13.2. The number of nitrogen functional groups attached to an aromatic ring is 1. The van der Waals surface area contributed by atoms with Crippen molar-refractivity contribution >= 4 is 67.7 Å². The van der Waals surface area contributed by atoms with E-state index in [0.29, 0.717) is 0 Å². The number of nitro groups is 1. The summed E-state index contributed by atoms with van der Waals surface area (Å²) in [4.78, 5) is 57.6. The van der Waals surface area contributed by atoms with Gasteiger partial charge < -0.3 is 40.3 Å². The van der Waals surface area contributed by atoms with E-state index in [1.54, 1.807) is 12.1 Å². The molecule has 48 heavy (non-hydrogen) atoms. The smallest absolute Gasteiger partial charge is 0.387 e. The normalized spacial score (nSPS) is 22.2. The van der Waals surface area contributed by atoms with Crippen molar-refractivity contribution in [1.82, 2.24) is 19.5 Å². The van der Waals surface area contributed by atoms with Crippen molar-refractivity contribution in [2.45, 2.75) is 24.5 Å². The van der Waals surface area contributed by atoms with Gasteiger partial charge >= 0.3 is 23.5 Å². The van der Waals surface area contributed by atoms with Crippen LogP contribution in [0.3, 0.4) is 0 Å². The first kappa shape index (κ1) is 35.5. The summed E-state index contributed by atoms with van der Waals surface area (Å²) in [5, 5.41) is 35.3. The van der Waals surface area contributed by atoms with Gasteiger partial charge in [-0.3, -0.25) is 19.2 Å². The summed E-state index contributed by atoms with van der Waals surface area (Å²) in [5.41, 5.74) is 6.13. The number of hydrogen-bond acceptors (Lipinski definition) is 15. The molecule has 256 valence electrons. The Bertz CT molecular complexity index is 2140. The fourth-order valence-corrected chi connectivity index (χ4v) is 7.69. The number of nitro benzene ring substituents is 1. The largest absolute Gasteiger partial charge is 0.490 e. The minimum atomic E-state index is -5.70. The van der Waals surface area contributed by atoms with Gasteiger partial charge in [-0.2, -0.15) is 8.62 Å². The van der Waals surface area contributed by atoms with Crippen LogP contribution in [-0.2, 0) is 31.6 Å². The van der Waals surface area contributed by atoms with Crippen molar-refractivity contribution in [3.63, 3.8) is 0 Å². The summed E-state index contributed by atoms with van der Waals surface area (Å²) in [6.45, 7) is -0.956. The molecular formula is C24H25N6O15P3. The van der Waals surface area contributed by atoms with E-state index >= 15 is 0 Å². The summed E-state index contributed by atoms with van der Waals surface area (Å²) in [5.74, 6) is 0.0426. The van der Waals surface area contributed by atoms with Gasteiger partial charge in [0.05, 0.1) is 17.9 Å². The van der Waals surface area contributed by atoms with Crippen molar-refractivity contribution in [2.75, 3.05) is 12.3 Å². The number of nitrogens with zero attached hydrogens (tertiary/aromatic N) is 5. The number of anilines is 1. The molecule has 24 heteroatoms.